The van der Waals surface area contributed by atoms with Gasteiger partial charge in [0.1, 0.15) is 11.2 Å². The molecule has 3 heterocycles. The summed E-state index contributed by atoms with van der Waals surface area (Å²) in [5.41, 5.74) is 2.11. The highest BCUT2D eigenvalue weighted by Gasteiger charge is 2.48. The van der Waals surface area contributed by atoms with E-state index in [-0.39, 0.29) is 17.9 Å². The van der Waals surface area contributed by atoms with Crippen molar-refractivity contribution in [2.75, 3.05) is 0 Å². The van der Waals surface area contributed by atoms with Crippen molar-refractivity contribution in [1.29, 1.82) is 0 Å². The summed E-state index contributed by atoms with van der Waals surface area (Å²) in [5.74, 6) is 0.495. The normalized spacial score (nSPS) is 26.1. The van der Waals surface area contributed by atoms with Gasteiger partial charge in [0.25, 0.3) is 5.91 Å². The van der Waals surface area contributed by atoms with Gasteiger partial charge in [-0.3, -0.25) is 9.59 Å². The highest BCUT2D eigenvalue weighted by atomic mass is 16.3. The van der Waals surface area contributed by atoms with Gasteiger partial charge in [-0.1, -0.05) is 37.3 Å². The van der Waals surface area contributed by atoms with Crippen LogP contribution in [0, 0.1) is 5.92 Å². The largest absolute Gasteiger partial charge is 0.463 e. The zero-order valence-corrected chi connectivity index (χ0v) is 18.1. The lowest BCUT2D eigenvalue weighted by atomic mass is 9.86. The van der Waals surface area contributed by atoms with E-state index in [4.69, 9.17) is 4.42 Å². The topological polar surface area (TPSA) is 67.5 Å². The van der Waals surface area contributed by atoms with Crippen LogP contribution in [-0.2, 0) is 17.9 Å². The first-order chi connectivity index (χ1) is 15.0. The Morgan fingerprint density at radius 3 is 2.65 bits per heavy atom. The highest BCUT2D eigenvalue weighted by molar-refractivity contribution is 6.02. The number of furan rings is 1. The average molecular weight is 420 g/mol. The molecule has 0 radical (unpaired) electrons. The monoisotopic (exact) mass is 419 g/mol. The van der Waals surface area contributed by atoms with E-state index in [1.165, 1.54) is 0 Å². The van der Waals surface area contributed by atoms with Crippen LogP contribution in [-0.4, -0.2) is 32.9 Å². The molecule has 31 heavy (non-hydrogen) atoms. The number of hydrogen-bond acceptors (Lipinski definition) is 3. The van der Waals surface area contributed by atoms with Crippen molar-refractivity contribution in [2.24, 2.45) is 5.92 Å². The number of amides is 2. The predicted molar refractivity (Wildman–Crippen MR) is 118 cm³/mol. The van der Waals surface area contributed by atoms with Crippen LogP contribution in [0.5, 0.6) is 0 Å². The summed E-state index contributed by atoms with van der Waals surface area (Å²) in [6.07, 6.45) is 5.88. The number of aromatic nitrogens is 1. The Balaban J connectivity index is 1.50. The summed E-state index contributed by atoms with van der Waals surface area (Å²) in [6.45, 7) is 4.95. The van der Waals surface area contributed by atoms with Crippen molar-refractivity contribution in [3.63, 3.8) is 0 Å². The summed E-state index contributed by atoms with van der Waals surface area (Å²) in [4.78, 5) is 29.0. The van der Waals surface area contributed by atoms with Crippen molar-refractivity contribution in [2.45, 2.75) is 64.2 Å². The van der Waals surface area contributed by atoms with E-state index in [9.17, 15) is 9.59 Å². The standard InChI is InChI=1S/C25H29N3O3/c1-17-8-10-19(11-9-17)26-24(30)25(2)16-27-20-12-13-31-22(20)14-21(27)23(29)28(25)15-18-6-4-3-5-7-18/h3-7,12-14,17,19H,8-11,15-16H2,1-2H3,(H,26,30)/t17?,19?,25-/m0/s1. The number of rotatable bonds is 4. The van der Waals surface area contributed by atoms with Gasteiger partial charge in [0.15, 0.2) is 5.58 Å². The average Bonchev–Trinajstić information content (AvgIpc) is 3.36. The summed E-state index contributed by atoms with van der Waals surface area (Å²) < 4.78 is 7.48. The Hall–Kier alpha value is -3.02. The Morgan fingerprint density at radius 2 is 1.90 bits per heavy atom. The van der Waals surface area contributed by atoms with Crippen LogP contribution in [0.25, 0.3) is 11.1 Å². The molecule has 1 N–H and O–H groups in total. The van der Waals surface area contributed by atoms with Crippen LogP contribution < -0.4 is 5.32 Å². The predicted octanol–water partition coefficient (Wildman–Crippen LogP) is 4.34. The molecule has 1 aliphatic carbocycles. The van der Waals surface area contributed by atoms with Crippen molar-refractivity contribution in [3.8, 4) is 0 Å². The van der Waals surface area contributed by atoms with Crippen LogP contribution in [0.4, 0.5) is 0 Å². The molecule has 1 atom stereocenters. The van der Waals surface area contributed by atoms with E-state index in [1.807, 2.05) is 47.9 Å². The lowest BCUT2D eigenvalue weighted by Gasteiger charge is -2.45. The molecule has 2 aromatic heterocycles. The zero-order valence-electron chi connectivity index (χ0n) is 18.1. The van der Waals surface area contributed by atoms with Gasteiger partial charge in [-0.05, 0) is 44.1 Å². The van der Waals surface area contributed by atoms with E-state index >= 15 is 0 Å². The second-order valence-electron chi connectivity index (χ2n) is 9.37. The van der Waals surface area contributed by atoms with E-state index in [0.29, 0.717) is 30.3 Å². The lowest BCUT2D eigenvalue weighted by molar-refractivity contribution is -0.134. The number of hydrogen-bond donors (Lipinski definition) is 1. The van der Waals surface area contributed by atoms with E-state index in [0.717, 1.165) is 36.8 Å². The Kier molecular flexibility index (Phi) is 4.88. The lowest BCUT2D eigenvalue weighted by Crippen LogP contribution is -2.64. The number of nitrogens with zero attached hydrogens (tertiary/aromatic N) is 2. The van der Waals surface area contributed by atoms with Gasteiger partial charge >= 0.3 is 0 Å². The molecule has 6 nitrogen and oxygen atoms in total. The molecule has 0 saturated heterocycles. The molecule has 0 spiro atoms. The van der Waals surface area contributed by atoms with Gasteiger partial charge < -0.3 is 19.2 Å². The van der Waals surface area contributed by atoms with E-state index < -0.39 is 5.54 Å². The quantitative estimate of drug-likeness (QED) is 0.684. The van der Waals surface area contributed by atoms with Crippen LogP contribution in [0.3, 0.4) is 0 Å². The minimum atomic E-state index is -0.994. The Morgan fingerprint density at radius 1 is 1.16 bits per heavy atom. The Labute approximate surface area is 182 Å². The summed E-state index contributed by atoms with van der Waals surface area (Å²) in [5, 5.41) is 3.28. The smallest absolute Gasteiger partial charge is 0.271 e. The molecule has 6 heteroatoms. The van der Waals surface area contributed by atoms with Crippen LogP contribution in [0.2, 0.25) is 0 Å². The molecular formula is C25H29N3O3. The molecule has 162 valence electrons. The number of carbonyl (C=O) groups is 2. The fourth-order valence-corrected chi connectivity index (χ4v) is 5.03. The van der Waals surface area contributed by atoms with Gasteiger partial charge in [-0.25, -0.2) is 0 Å². The molecule has 0 bridgehead atoms. The van der Waals surface area contributed by atoms with E-state index in [2.05, 4.69) is 12.2 Å². The van der Waals surface area contributed by atoms with Gasteiger partial charge in [-0.2, -0.15) is 0 Å². The third-order valence-electron chi connectivity index (χ3n) is 7.07. The van der Waals surface area contributed by atoms with Crippen molar-refractivity contribution >= 4 is 22.9 Å². The van der Waals surface area contributed by atoms with Gasteiger partial charge in [0, 0.05) is 24.7 Å². The number of benzene rings is 1. The van der Waals surface area contributed by atoms with Crippen molar-refractivity contribution < 1.29 is 14.0 Å². The fraction of sp³-hybridized carbons (Fsp3) is 0.440. The molecule has 0 unspecified atom stereocenters. The summed E-state index contributed by atoms with van der Waals surface area (Å²) in [6, 6.07) is 13.7. The third kappa shape index (κ3) is 3.44. The van der Waals surface area contributed by atoms with Gasteiger partial charge in [-0.15, -0.1) is 0 Å². The van der Waals surface area contributed by atoms with Crippen LogP contribution in [0.1, 0.15) is 55.6 Å². The molecule has 1 fully saturated rings. The number of nitrogens with one attached hydrogen (secondary N) is 1. The molecule has 1 saturated carbocycles. The molecule has 5 rings (SSSR count). The fourth-order valence-electron chi connectivity index (χ4n) is 5.03. The summed E-state index contributed by atoms with van der Waals surface area (Å²) in [7, 11) is 0. The third-order valence-corrected chi connectivity index (χ3v) is 7.07. The first-order valence-electron chi connectivity index (χ1n) is 11.2. The van der Waals surface area contributed by atoms with E-state index in [1.54, 1.807) is 17.2 Å². The van der Waals surface area contributed by atoms with Crippen LogP contribution >= 0.6 is 0 Å². The number of carbonyl (C=O) groups excluding carboxylic acids is 2. The van der Waals surface area contributed by atoms with Crippen molar-refractivity contribution in [3.05, 3.63) is 60.0 Å². The Bertz CT molecular complexity index is 1110. The number of fused-ring (bicyclic) bond motifs is 3. The molecule has 1 aromatic carbocycles. The maximum atomic E-state index is 13.7. The molecule has 2 amide bonds. The minimum absolute atomic E-state index is 0.0765. The zero-order chi connectivity index (χ0) is 21.6. The minimum Gasteiger partial charge on any atom is -0.463 e. The highest BCUT2D eigenvalue weighted by Crippen LogP contribution is 2.34. The van der Waals surface area contributed by atoms with Gasteiger partial charge in [0.05, 0.1) is 18.3 Å². The second kappa shape index (κ2) is 7.59. The van der Waals surface area contributed by atoms with Crippen molar-refractivity contribution in [1.82, 2.24) is 14.8 Å². The molecule has 2 aliphatic rings. The summed E-state index contributed by atoms with van der Waals surface area (Å²) >= 11 is 0. The maximum Gasteiger partial charge on any atom is 0.271 e. The maximum absolute atomic E-state index is 13.7. The molecule has 3 aromatic rings. The van der Waals surface area contributed by atoms with Crippen LogP contribution in [0.15, 0.2) is 53.1 Å². The molecular weight excluding hydrogens is 390 g/mol. The second-order valence-corrected chi connectivity index (χ2v) is 9.37. The SMILES string of the molecule is CC1CCC(NC(=O)[C@]2(C)Cn3c(cc4occc43)C(=O)N2Cc2ccccc2)CC1. The molecule has 1 aliphatic heterocycles. The first-order valence-corrected chi connectivity index (χ1v) is 11.2. The van der Waals surface area contributed by atoms with Gasteiger partial charge in [0.2, 0.25) is 5.91 Å². The first kappa shape index (κ1) is 19.9.